The SMILES string of the molecule is CC1(C)OC(=O)C(C=Nc2ccc(C#N)cc2)C(=O)O1. The minimum atomic E-state index is -1.24. The number of benzene rings is 1. The molecule has 0 radical (unpaired) electrons. The molecular formula is C14H12N2O4. The number of hydrogen-bond acceptors (Lipinski definition) is 6. The fourth-order valence-corrected chi connectivity index (χ4v) is 1.63. The van der Waals surface area contributed by atoms with Crippen molar-refractivity contribution in [3.8, 4) is 6.07 Å². The highest BCUT2D eigenvalue weighted by Crippen LogP contribution is 2.23. The molecule has 1 fully saturated rings. The molecule has 2 rings (SSSR count). The van der Waals surface area contributed by atoms with Gasteiger partial charge in [-0.2, -0.15) is 5.26 Å². The molecule has 0 amide bonds. The van der Waals surface area contributed by atoms with Gasteiger partial charge in [-0.1, -0.05) is 0 Å². The fraction of sp³-hybridized carbons (Fsp3) is 0.286. The van der Waals surface area contributed by atoms with E-state index in [0.29, 0.717) is 11.3 Å². The molecule has 1 saturated heterocycles. The molecule has 102 valence electrons. The summed E-state index contributed by atoms with van der Waals surface area (Å²) in [6.45, 7) is 2.97. The number of nitriles is 1. The van der Waals surface area contributed by atoms with Gasteiger partial charge in [-0.15, -0.1) is 0 Å². The Kier molecular flexibility index (Phi) is 3.53. The van der Waals surface area contributed by atoms with E-state index in [-0.39, 0.29) is 0 Å². The quantitative estimate of drug-likeness (QED) is 0.464. The Balaban J connectivity index is 2.12. The summed E-state index contributed by atoms with van der Waals surface area (Å²) in [7, 11) is 0. The van der Waals surface area contributed by atoms with Crippen LogP contribution in [0.4, 0.5) is 5.69 Å². The first-order valence-electron chi connectivity index (χ1n) is 5.91. The Morgan fingerprint density at radius 2 is 1.75 bits per heavy atom. The second-order valence-electron chi connectivity index (χ2n) is 4.66. The molecule has 6 nitrogen and oxygen atoms in total. The normalized spacial score (nSPS) is 18.4. The lowest BCUT2D eigenvalue weighted by atomic mass is 10.1. The number of esters is 2. The van der Waals surface area contributed by atoms with E-state index in [4.69, 9.17) is 14.7 Å². The number of aliphatic imine (C=N–C) groups is 1. The fourth-order valence-electron chi connectivity index (χ4n) is 1.63. The summed E-state index contributed by atoms with van der Waals surface area (Å²) in [6, 6.07) is 8.38. The van der Waals surface area contributed by atoms with Crippen molar-refractivity contribution in [3.05, 3.63) is 29.8 Å². The third kappa shape index (κ3) is 3.01. The molecule has 0 bridgehead atoms. The van der Waals surface area contributed by atoms with E-state index in [2.05, 4.69) is 4.99 Å². The van der Waals surface area contributed by atoms with Crippen molar-refractivity contribution >= 4 is 23.8 Å². The number of hydrogen-bond donors (Lipinski definition) is 0. The topological polar surface area (TPSA) is 88.8 Å². The first-order valence-corrected chi connectivity index (χ1v) is 5.91. The Morgan fingerprint density at radius 1 is 1.20 bits per heavy atom. The predicted octanol–water partition coefficient (Wildman–Crippen LogP) is 1.71. The van der Waals surface area contributed by atoms with E-state index >= 15 is 0 Å². The average Bonchev–Trinajstić information content (AvgIpc) is 2.37. The van der Waals surface area contributed by atoms with Crippen LogP contribution in [-0.2, 0) is 19.1 Å². The van der Waals surface area contributed by atoms with Crippen molar-refractivity contribution in [2.75, 3.05) is 0 Å². The van der Waals surface area contributed by atoms with E-state index in [1.165, 1.54) is 20.1 Å². The van der Waals surface area contributed by atoms with Gasteiger partial charge in [-0.3, -0.25) is 14.6 Å². The second-order valence-corrected chi connectivity index (χ2v) is 4.66. The van der Waals surface area contributed by atoms with Crippen LogP contribution in [0.2, 0.25) is 0 Å². The Bertz CT molecular complexity index is 591. The number of carbonyl (C=O) groups excluding carboxylic acids is 2. The van der Waals surface area contributed by atoms with Crippen LogP contribution < -0.4 is 0 Å². The molecule has 0 N–H and O–H groups in total. The number of ether oxygens (including phenoxy) is 2. The van der Waals surface area contributed by atoms with Crippen molar-refractivity contribution in [2.45, 2.75) is 19.6 Å². The molecule has 1 aliphatic heterocycles. The van der Waals surface area contributed by atoms with Gasteiger partial charge in [0.25, 0.3) is 5.79 Å². The highest BCUT2D eigenvalue weighted by atomic mass is 16.7. The zero-order valence-electron chi connectivity index (χ0n) is 11.0. The molecule has 0 atom stereocenters. The van der Waals surface area contributed by atoms with Gasteiger partial charge >= 0.3 is 11.9 Å². The molecule has 0 aromatic heterocycles. The highest BCUT2D eigenvalue weighted by Gasteiger charge is 2.42. The monoisotopic (exact) mass is 272 g/mol. The zero-order valence-corrected chi connectivity index (χ0v) is 11.0. The van der Waals surface area contributed by atoms with E-state index in [9.17, 15) is 9.59 Å². The molecule has 0 aliphatic carbocycles. The Morgan fingerprint density at radius 3 is 2.25 bits per heavy atom. The van der Waals surface area contributed by atoms with E-state index < -0.39 is 23.6 Å². The summed E-state index contributed by atoms with van der Waals surface area (Å²) in [5.41, 5.74) is 1.02. The highest BCUT2D eigenvalue weighted by molar-refractivity contribution is 6.10. The summed E-state index contributed by atoms with van der Waals surface area (Å²) in [5, 5.41) is 8.67. The standard InChI is InChI=1S/C14H12N2O4/c1-14(2)19-12(17)11(13(18)20-14)8-16-10-5-3-9(7-15)4-6-10/h3-6,8,11H,1-2H3. The number of carbonyl (C=O) groups is 2. The van der Waals surface area contributed by atoms with Crippen LogP contribution in [-0.4, -0.2) is 23.9 Å². The zero-order chi connectivity index (χ0) is 14.8. The number of nitrogens with zero attached hydrogens (tertiary/aromatic N) is 2. The van der Waals surface area contributed by atoms with Gasteiger partial charge in [-0.25, -0.2) is 0 Å². The van der Waals surface area contributed by atoms with E-state index in [1.807, 2.05) is 6.07 Å². The Hall–Kier alpha value is -2.68. The van der Waals surface area contributed by atoms with Gasteiger partial charge in [0.2, 0.25) is 0 Å². The Labute approximate surface area is 115 Å². The van der Waals surface area contributed by atoms with Crippen LogP contribution in [0.1, 0.15) is 19.4 Å². The molecule has 1 heterocycles. The smallest absolute Gasteiger partial charge is 0.329 e. The van der Waals surface area contributed by atoms with E-state index in [1.54, 1.807) is 24.3 Å². The van der Waals surface area contributed by atoms with Gasteiger partial charge in [0.05, 0.1) is 17.3 Å². The first-order chi connectivity index (χ1) is 9.41. The second kappa shape index (κ2) is 5.13. The molecule has 1 aromatic rings. The van der Waals surface area contributed by atoms with Crippen molar-refractivity contribution < 1.29 is 19.1 Å². The average molecular weight is 272 g/mol. The van der Waals surface area contributed by atoms with Crippen LogP contribution in [0, 0.1) is 17.2 Å². The lowest BCUT2D eigenvalue weighted by Crippen LogP contribution is -2.46. The van der Waals surface area contributed by atoms with Crippen molar-refractivity contribution in [3.63, 3.8) is 0 Å². The van der Waals surface area contributed by atoms with Crippen LogP contribution in [0.25, 0.3) is 0 Å². The summed E-state index contributed by atoms with van der Waals surface area (Å²) < 4.78 is 9.93. The lowest BCUT2D eigenvalue weighted by molar-refractivity contribution is -0.235. The summed E-state index contributed by atoms with van der Waals surface area (Å²) in [6.07, 6.45) is 1.18. The van der Waals surface area contributed by atoms with Crippen LogP contribution in [0.15, 0.2) is 29.3 Å². The van der Waals surface area contributed by atoms with E-state index in [0.717, 1.165) is 0 Å². The molecule has 6 heteroatoms. The number of rotatable bonds is 2. The maximum Gasteiger partial charge on any atom is 0.329 e. The van der Waals surface area contributed by atoms with Gasteiger partial charge in [-0.05, 0) is 24.3 Å². The van der Waals surface area contributed by atoms with Crippen molar-refractivity contribution in [1.82, 2.24) is 0 Å². The predicted molar refractivity (Wildman–Crippen MR) is 69.1 cm³/mol. The van der Waals surface area contributed by atoms with Gasteiger partial charge in [0.1, 0.15) is 0 Å². The molecular weight excluding hydrogens is 260 g/mol. The molecule has 0 spiro atoms. The summed E-state index contributed by atoms with van der Waals surface area (Å²) in [5.74, 6) is -3.79. The maximum atomic E-state index is 11.7. The van der Waals surface area contributed by atoms with Crippen molar-refractivity contribution in [1.29, 1.82) is 5.26 Å². The minimum Gasteiger partial charge on any atom is -0.422 e. The lowest BCUT2D eigenvalue weighted by Gasteiger charge is -2.31. The van der Waals surface area contributed by atoms with Crippen LogP contribution in [0.3, 0.4) is 0 Å². The van der Waals surface area contributed by atoms with Gasteiger partial charge < -0.3 is 9.47 Å². The molecule has 1 aliphatic rings. The third-order valence-electron chi connectivity index (χ3n) is 2.57. The van der Waals surface area contributed by atoms with Gasteiger partial charge in [0.15, 0.2) is 5.92 Å². The third-order valence-corrected chi connectivity index (χ3v) is 2.57. The summed E-state index contributed by atoms with van der Waals surface area (Å²) >= 11 is 0. The molecule has 0 saturated carbocycles. The molecule has 1 aromatic carbocycles. The van der Waals surface area contributed by atoms with Gasteiger partial charge in [0, 0.05) is 20.1 Å². The largest absolute Gasteiger partial charge is 0.422 e. The summed E-state index contributed by atoms with van der Waals surface area (Å²) in [4.78, 5) is 27.4. The number of cyclic esters (lactones) is 2. The van der Waals surface area contributed by atoms with Crippen molar-refractivity contribution in [2.24, 2.45) is 10.9 Å². The minimum absolute atomic E-state index is 0.502. The van der Waals surface area contributed by atoms with Crippen LogP contribution in [0.5, 0.6) is 0 Å². The maximum absolute atomic E-state index is 11.7. The first kappa shape index (κ1) is 13.7. The van der Waals surface area contributed by atoms with Crippen LogP contribution >= 0.6 is 0 Å². The molecule has 0 unspecified atom stereocenters. The molecule has 20 heavy (non-hydrogen) atoms.